The van der Waals surface area contributed by atoms with Crippen molar-refractivity contribution in [1.29, 1.82) is 0 Å². The van der Waals surface area contributed by atoms with Gasteiger partial charge in [0.15, 0.2) is 11.6 Å². The summed E-state index contributed by atoms with van der Waals surface area (Å²) in [5.41, 5.74) is 0.307. The van der Waals surface area contributed by atoms with E-state index in [0.29, 0.717) is 18.6 Å². The molecule has 0 amide bonds. The molecule has 1 aromatic rings. The van der Waals surface area contributed by atoms with Crippen LogP contribution in [0.2, 0.25) is 0 Å². The normalized spacial score (nSPS) is 10.8. The summed E-state index contributed by atoms with van der Waals surface area (Å²) in [7, 11) is 1.63. The van der Waals surface area contributed by atoms with Gasteiger partial charge in [-0.15, -0.1) is 0 Å². The molecule has 4 heteroatoms. The molecule has 0 aliphatic rings. The summed E-state index contributed by atoms with van der Waals surface area (Å²) in [6.45, 7) is 4.01. The van der Waals surface area contributed by atoms with Gasteiger partial charge in [0, 0.05) is 19.1 Å². The molecule has 3 nitrogen and oxygen atoms in total. The van der Waals surface area contributed by atoms with Crippen LogP contribution in [0.4, 0.5) is 4.39 Å². The van der Waals surface area contributed by atoms with E-state index in [4.69, 9.17) is 14.6 Å². The zero-order valence-corrected chi connectivity index (χ0v) is 11.5. The lowest BCUT2D eigenvalue weighted by Crippen LogP contribution is -2.25. The maximum Gasteiger partial charge on any atom is 0.165 e. The Labute approximate surface area is 113 Å². The van der Waals surface area contributed by atoms with Crippen LogP contribution >= 0.6 is 0 Å². The summed E-state index contributed by atoms with van der Waals surface area (Å²) in [5, 5.41) is 8.62. The van der Waals surface area contributed by atoms with Crippen LogP contribution in [0, 0.1) is 17.7 Å². The van der Waals surface area contributed by atoms with Crippen LogP contribution in [0.15, 0.2) is 18.2 Å². The topological polar surface area (TPSA) is 38.7 Å². The summed E-state index contributed by atoms with van der Waals surface area (Å²) in [6, 6.07) is 4.37. The van der Waals surface area contributed by atoms with Crippen molar-refractivity contribution in [2.45, 2.75) is 25.9 Å². The zero-order valence-electron chi connectivity index (χ0n) is 11.5. The fourth-order valence-electron chi connectivity index (χ4n) is 1.34. The minimum absolute atomic E-state index is 0.164. The van der Waals surface area contributed by atoms with Crippen molar-refractivity contribution < 1.29 is 19.0 Å². The van der Waals surface area contributed by atoms with Gasteiger partial charge in [-0.1, -0.05) is 11.8 Å². The molecule has 0 fully saturated rings. The molecule has 0 bridgehead atoms. The highest BCUT2D eigenvalue weighted by Crippen LogP contribution is 2.20. The third-order valence-electron chi connectivity index (χ3n) is 2.76. The van der Waals surface area contributed by atoms with Crippen LogP contribution in [0.5, 0.6) is 5.75 Å². The lowest BCUT2D eigenvalue weighted by atomic mass is 10.1. The average molecular weight is 266 g/mol. The Kier molecular flexibility index (Phi) is 5.81. The van der Waals surface area contributed by atoms with Gasteiger partial charge >= 0.3 is 0 Å². The Balaban J connectivity index is 2.67. The Morgan fingerprint density at radius 2 is 2.11 bits per heavy atom. The molecule has 0 aliphatic heterocycles. The number of benzene rings is 1. The second-order valence-electron chi connectivity index (χ2n) is 4.67. The minimum Gasteiger partial charge on any atom is -0.490 e. The first-order valence-electron chi connectivity index (χ1n) is 6.06. The van der Waals surface area contributed by atoms with Crippen LogP contribution in [-0.2, 0) is 4.74 Å². The average Bonchev–Trinajstić information content (AvgIpc) is 2.39. The molecular weight excluding hydrogens is 247 g/mol. The van der Waals surface area contributed by atoms with Gasteiger partial charge in [-0.05, 0) is 32.0 Å². The fourth-order valence-corrected chi connectivity index (χ4v) is 1.34. The quantitative estimate of drug-likeness (QED) is 0.832. The highest BCUT2D eigenvalue weighted by atomic mass is 19.1. The summed E-state index contributed by atoms with van der Waals surface area (Å²) >= 11 is 0. The predicted octanol–water partition coefficient (Wildman–Crippen LogP) is 2.36. The molecule has 0 saturated carbocycles. The van der Waals surface area contributed by atoms with Gasteiger partial charge in [0.05, 0.1) is 12.2 Å². The van der Waals surface area contributed by atoms with E-state index >= 15 is 0 Å². The molecule has 1 N–H and O–H groups in total. The molecule has 0 radical (unpaired) electrons. The molecule has 1 rings (SSSR count). The maximum atomic E-state index is 13.5. The third kappa shape index (κ3) is 5.29. The second-order valence-corrected chi connectivity index (χ2v) is 4.67. The van der Waals surface area contributed by atoms with Crippen molar-refractivity contribution in [2.24, 2.45) is 0 Å². The van der Waals surface area contributed by atoms with Crippen molar-refractivity contribution in [3.05, 3.63) is 29.6 Å². The number of aliphatic hydroxyl groups is 1. The lowest BCUT2D eigenvalue weighted by molar-refractivity contribution is 0.00514. The Morgan fingerprint density at radius 1 is 1.37 bits per heavy atom. The van der Waals surface area contributed by atoms with Gasteiger partial charge in [0.2, 0.25) is 0 Å². The minimum atomic E-state index is -0.426. The van der Waals surface area contributed by atoms with Crippen LogP contribution in [0.3, 0.4) is 0 Å². The molecule has 0 spiro atoms. The number of ether oxygens (including phenoxy) is 2. The molecule has 0 unspecified atom stereocenters. The number of aliphatic hydroxyl groups excluding tert-OH is 1. The maximum absolute atomic E-state index is 13.5. The van der Waals surface area contributed by atoms with E-state index in [1.807, 2.05) is 13.8 Å². The highest BCUT2D eigenvalue weighted by Gasteiger charge is 2.16. The highest BCUT2D eigenvalue weighted by molar-refractivity contribution is 5.40. The SMILES string of the molecule is COC(C)(C)CCOc1cc(C#CCO)ccc1F. The first-order valence-corrected chi connectivity index (χ1v) is 6.06. The van der Waals surface area contributed by atoms with Crippen LogP contribution in [0.1, 0.15) is 25.8 Å². The molecule has 19 heavy (non-hydrogen) atoms. The molecule has 0 heterocycles. The Bertz CT molecular complexity index is 472. The third-order valence-corrected chi connectivity index (χ3v) is 2.76. The van der Waals surface area contributed by atoms with Crippen molar-refractivity contribution in [3.8, 4) is 17.6 Å². The van der Waals surface area contributed by atoms with E-state index in [0.717, 1.165) is 0 Å². The smallest absolute Gasteiger partial charge is 0.165 e. The van der Waals surface area contributed by atoms with Crippen LogP contribution in [0.25, 0.3) is 0 Å². The van der Waals surface area contributed by atoms with E-state index in [1.54, 1.807) is 13.2 Å². The van der Waals surface area contributed by atoms with Crippen molar-refractivity contribution >= 4 is 0 Å². The van der Waals surface area contributed by atoms with E-state index in [2.05, 4.69) is 11.8 Å². The second kappa shape index (κ2) is 7.13. The number of hydrogen-bond donors (Lipinski definition) is 1. The Morgan fingerprint density at radius 3 is 2.74 bits per heavy atom. The van der Waals surface area contributed by atoms with Crippen molar-refractivity contribution in [3.63, 3.8) is 0 Å². The largest absolute Gasteiger partial charge is 0.490 e. The van der Waals surface area contributed by atoms with E-state index < -0.39 is 5.82 Å². The van der Waals surface area contributed by atoms with Crippen LogP contribution < -0.4 is 4.74 Å². The Hall–Kier alpha value is -1.57. The van der Waals surface area contributed by atoms with Crippen molar-refractivity contribution in [1.82, 2.24) is 0 Å². The fraction of sp³-hybridized carbons (Fsp3) is 0.467. The molecule has 0 saturated heterocycles. The molecule has 104 valence electrons. The number of halogens is 1. The standard InChI is InChI=1S/C15H19FO3/c1-15(2,18-3)8-10-19-14-11-12(5-4-9-17)6-7-13(14)16/h6-7,11,17H,8-10H2,1-3H3. The lowest BCUT2D eigenvalue weighted by Gasteiger charge is -2.22. The van der Waals surface area contributed by atoms with Gasteiger partial charge in [0.25, 0.3) is 0 Å². The first kappa shape index (κ1) is 15.5. The molecule has 0 aromatic heterocycles. The molecular formula is C15H19FO3. The van der Waals surface area contributed by atoms with E-state index in [9.17, 15) is 4.39 Å². The predicted molar refractivity (Wildman–Crippen MR) is 71.6 cm³/mol. The molecule has 1 aromatic carbocycles. The van der Waals surface area contributed by atoms with Gasteiger partial charge in [-0.3, -0.25) is 0 Å². The summed E-state index contributed by atoms with van der Waals surface area (Å²) in [6.07, 6.45) is 0.648. The van der Waals surface area contributed by atoms with E-state index in [-0.39, 0.29) is 18.0 Å². The van der Waals surface area contributed by atoms with Crippen molar-refractivity contribution in [2.75, 3.05) is 20.3 Å². The number of rotatable bonds is 5. The van der Waals surface area contributed by atoms with E-state index in [1.165, 1.54) is 12.1 Å². The molecule has 0 atom stereocenters. The van der Waals surface area contributed by atoms with Gasteiger partial charge in [0.1, 0.15) is 6.61 Å². The van der Waals surface area contributed by atoms with Gasteiger partial charge < -0.3 is 14.6 Å². The number of hydrogen-bond acceptors (Lipinski definition) is 3. The molecule has 0 aliphatic carbocycles. The number of methoxy groups -OCH3 is 1. The zero-order chi connectivity index (χ0) is 14.3. The van der Waals surface area contributed by atoms with Crippen LogP contribution in [-0.4, -0.2) is 31.0 Å². The van der Waals surface area contributed by atoms with Gasteiger partial charge in [-0.2, -0.15) is 0 Å². The summed E-state index contributed by atoms with van der Waals surface area (Å²) in [5.74, 6) is 4.95. The summed E-state index contributed by atoms with van der Waals surface area (Å²) < 4.78 is 24.2. The van der Waals surface area contributed by atoms with Gasteiger partial charge in [-0.25, -0.2) is 4.39 Å². The summed E-state index contributed by atoms with van der Waals surface area (Å²) in [4.78, 5) is 0. The first-order chi connectivity index (χ1) is 8.98. The monoisotopic (exact) mass is 266 g/mol.